The number of rotatable bonds is 12. The van der Waals surface area contributed by atoms with Crippen molar-refractivity contribution in [3.63, 3.8) is 0 Å². The van der Waals surface area contributed by atoms with Crippen molar-refractivity contribution in [3.05, 3.63) is 60.9 Å². The Morgan fingerprint density at radius 2 is 1.90 bits per heavy atom. The molecular weight excluding hydrogens is 617 g/mol. The van der Waals surface area contributed by atoms with E-state index in [4.69, 9.17) is 16.3 Å². The highest BCUT2D eigenvalue weighted by atomic mass is 35.5. The van der Waals surface area contributed by atoms with Crippen LogP contribution in [0.2, 0.25) is 4.34 Å². The molecule has 0 aliphatic heterocycles. The van der Waals surface area contributed by atoms with Gasteiger partial charge in [-0.25, -0.2) is 9.71 Å². The highest BCUT2D eigenvalue weighted by Crippen LogP contribution is 2.49. The Morgan fingerprint density at radius 1 is 1.18 bits per heavy atom. The lowest BCUT2D eigenvalue weighted by molar-refractivity contribution is -0.134. The summed E-state index contributed by atoms with van der Waals surface area (Å²) >= 11 is 8.86. The third kappa shape index (κ3) is 7.31. The number of thiazole rings is 1. The van der Waals surface area contributed by atoms with E-state index in [1.165, 1.54) is 36.8 Å². The quantitative estimate of drug-likeness (QED) is 0.312. The Bertz CT molecular complexity index is 1450. The smallest absolute Gasteiger partial charge is 0.303 e. The van der Waals surface area contributed by atoms with Crippen LogP contribution in [0, 0.1) is 6.92 Å². The normalized spacial score (nSPS) is 13.9. The van der Waals surface area contributed by atoms with Gasteiger partial charge in [0.2, 0.25) is 5.91 Å². The van der Waals surface area contributed by atoms with E-state index in [2.05, 4.69) is 9.97 Å². The van der Waals surface area contributed by atoms with Gasteiger partial charge in [0.05, 0.1) is 35.3 Å². The van der Waals surface area contributed by atoms with Crippen LogP contribution in [0.3, 0.4) is 0 Å². The van der Waals surface area contributed by atoms with Crippen LogP contribution in [0.1, 0.15) is 50.2 Å². The first-order chi connectivity index (χ1) is 18.4. The fourth-order valence-corrected chi connectivity index (χ4v) is 6.71. The molecule has 0 bridgehead atoms. The van der Waals surface area contributed by atoms with Crippen molar-refractivity contribution in [2.24, 2.45) is 0 Å². The predicted octanol–water partition coefficient (Wildman–Crippen LogP) is 4.22. The van der Waals surface area contributed by atoms with Crippen LogP contribution in [0.4, 0.5) is 0 Å². The van der Waals surface area contributed by atoms with E-state index in [1.807, 2.05) is 22.9 Å². The zero-order valence-electron chi connectivity index (χ0n) is 22.5. The summed E-state index contributed by atoms with van der Waals surface area (Å²) < 4.78 is 33.1. The molecule has 15 heteroatoms. The zero-order chi connectivity index (χ0) is 28.4. The van der Waals surface area contributed by atoms with E-state index >= 15 is 0 Å². The molecule has 0 unspecified atom stereocenters. The Kier molecular flexibility index (Phi) is 10.6. The van der Waals surface area contributed by atoms with Crippen molar-refractivity contribution in [3.8, 4) is 5.75 Å². The number of aromatic nitrogens is 2. The Labute approximate surface area is 253 Å². The number of nitrogens with zero attached hydrogens (tertiary/aromatic N) is 4. The van der Waals surface area contributed by atoms with Crippen LogP contribution in [0.5, 0.6) is 5.75 Å². The first kappa shape index (κ1) is 32.2. The molecule has 1 aliphatic carbocycles. The minimum atomic E-state index is -3.96. The van der Waals surface area contributed by atoms with Crippen molar-refractivity contribution < 1.29 is 22.7 Å². The summed E-state index contributed by atoms with van der Waals surface area (Å²) in [5.41, 5.74) is 0.0248. The molecule has 218 valence electrons. The van der Waals surface area contributed by atoms with E-state index in [1.54, 1.807) is 31.2 Å². The van der Waals surface area contributed by atoms with Gasteiger partial charge in [-0.15, -0.1) is 35.1 Å². The van der Waals surface area contributed by atoms with Crippen molar-refractivity contribution in [1.29, 1.82) is 0 Å². The van der Waals surface area contributed by atoms with Crippen molar-refractivity contribution in [1.82, 2.24) is 23.9 Å². The van der Waals surface area contributed by atoms with Gasteiger partial charge in [0, 0.05) is 30.4 Å². The molecule has 3 heterocycles. The Balaban J connectivity index is 0.00000441. The van der Waals surface area contributed by atoms with Crippen LogP contribution < -0.4 is 9.46 Å². The van der Waals surface area contributed by atoms with Gasteiger partial charge in [0.15, 0.2) is 0 Å². The molecule has 2 amide bonds. The summed E-state index contributed by atoms with van der Waals surface area (Å²) in [5, 5.41) is 0.547. The monoisotopic (exact) mass is 647 g/mol. The second kappa shape index (κ2) is 13.1. The molecule has 4 rings (SSSR count). The molecule has 40 heavy (non-hydrogen) atoms. The number of nitrogens with one attached hydrogen (secondary N) is 1. The van der Waals surface area contributed by atoms with Crippen molar-refractivity contribution in [2.45, 2.75) is 44.6 Å². The second-order valence-electron chi connectivity index (χ2n) is 9.43. The van der Waals surface area contributed by atoms with Gasteiger partial charge in [-0.05, 0) is 56.9 Å². The molecule has 3 aromatic rings. The third-order valence-electron chi connectivity index (χ3n) is 6.47. The van der Waals surface area contributed by atoms with Crippen LogP contribution in [0.15, 0.2) is 30.5 Å². The second-order valence-corrected chi connectivity index (χ2v) is 14.4. The Hall–Kier alpha value is -2.29. The average molecular weight is 649 g/mol. The van der Waals surface area contributed by atoms with Gasteiger partial charge in [-0.3, -0.25) is 14.6 Å². The molecular formula is C25H31Cl2N5O5S3. The van der Waals surface area contributed by atoms with Crippen LogP contribution in [-0.2, 0) is 33.4 Å². The van der Waals surface area contributed by atoms with E-state index in [-0.39, 0.29) is 30.6 Å². The number of thiophene rings is 1. The maximum Gasteiger partial charge on any atom is 0.303 e. The number of pyridine rings is 1. The first-order valence-electron chi connectivity index (χ1n) is 12.2. The number of carbonyl (C=O) groups is 2. The van der Waals surface area contributed by atoms with Gasteiger partial charge in [-0.1, -0.05) is 11.6 Å². The molecule has 1 aliphatic rings. The lowest BCUT2D eigenvalue weighted by Gasteiger charge is -2.26. The van der Waals surface area contributed by atoms with Gasteiger partial charge >= 0.3 is 10.2 Å². The van der Waals surface area contributed by atoms with Gasteiger partial charge in [0.25, 0.3) is 5.91 Å². The molecule has 0 radical (unpaired) electrons. The van der Waals surface area contributed by atoms with Gasteiger partial charge in [0.1, 0.15) is 16.5 Å². The SMILES string of the molecule is COc1ccc(C2(C(=O)N(CCCc3ccc(Cl)s3)Cc3nc(C(=O)NS(=O)(=O)N(C)C)c(C)s3)CC2)nc1.Cl. The zero-order valence-corrected chi connectivity index (χ0v) is 26.5. The number of hydrogen-bond donors (Lipinski definition) is 1. The molecule has 0 atom stereocenters. The summed E-state index contributed by atoms with van der Waals surface area (Å²) in [5.74, 6) is -0.232. The Morgan fingerprint density at radius 3 is 2.45 bits per heavy atom. The minimum Gasteiger partial charge on any atom is -0.495 e. The minimum absolute atomic E-state index is 0. The molecule has 1 fully saturated rings. The first-order valence-corrected chi connectivity index (χ1v) is 15.7. The van der Waals surface area contributed by atoms with E-state index in [0.29, 0.717) is 47.1 Å². The third-order valence-corrected chi connectivity index (χ3v) is 10.1. The molecule has 1 saturated carbocycles. The van der Waals surface area contributed by atoms with Crippen LogP contribution in [0.25, 0.3) is 0 Å². The maximum atomic E-state index is 14.0. The fourth-order valence-electron chi connectivity index (χ4n) is 4.12. The van der Waals surface area contributed by atoms with Gasteiger partial charge < -0.3 is 9.64 Å². The lowest BCUT2D eigenvalue weighted by Crippen LogP contribution is -2.40. The largest absolute Gasteiger partial charge is 0.495 e. The molecule has 10 nitrogen and oxygen atoms in total. The maximum absolute atomic E-state index is 14.0. The summed E-state index contributed by atoms with van der Waals surface area (Å²) in [6.45, 7) is 2.37. The van der Waals surface area contributed by atoms with E-state index < -0.39 is 21.5 Å². The predicted molar refractivity (Wildman–Crippen MR) is 159 cm³/mol. The summed E-state index contributed by atoms with van der Waals surface area (Å²) in [4.78, 5) is 39.0. The van der Waals surface area contributed by atoms with E-state index in [0.717, 1.165) is 19.9 Å². The molecule has 1 N–H and O–H groups in total. The number of aryl methyl sites for hydroxylation is 2. The standard InChI is InChI=1S/C25H30ClN5O5S3.ClH/c1-16-22(23(32)29-39(34,35)30(2)3)28-21(37-16)15-31(13-5-6-18-8-10-20(26)38-18)24(33)25(11-12-25)19-9-7-17(36-4)14-27-19;/h7-10,14H,5-6,11-13,15H2,1-4H3,(H,29,32);1H. The van der Waals surface area contributed by atoms with Crippen LogP contribution in [-0.4, -0.2) is 67.2 Å². The summed E-state index contributed by atoms with van der Waals surface area (Å²) in [7, 11) is 0.258. The lowest BCUT2D eigenvalue weighted by atomic mass is 9.99. The average Bonchev–Trinajstić information content (AvgIpc) is 3.47. The highest BCUT2D eigenvalue weighted by molar-refractivity contribution is 7.87. The number of ether oxygens (including phenoxy) is 1. The number of amides is 2. The number of methoxy groups -OCH3 is 1. The highest BCUT2D eigenvalue weighted by Gasteiger charge is 2.54. The van der Waals surface area contributed by atoms with Crippen LogP contribution >= 0.6 is 46.7 Å². The summed E-state index contributed by atoms with van der Waals surface area (Å²) in [6, 6.07) is 7.48. The van der Waals surface area contributed by atoms with Gasteiger partial charge in [-0.2, -0.15) is 12.7 Å². The molecule has 0 saturated heterocycles. The van der Waals surface area contributed by atoms with E-state index in [9.17, 15) is 18.0 Å². The number of halogens is 2. The molecule has 0 aromatic carbocycles. The summed E-state index contributed by atoms with van der Waals surface area (Å²) in [6.07, 6.45) is 4.48. The number of carbonyl (C=O) groups excluding carboxylic acids is 2. The molecule has 3 aromatic heterocycles. The topological polar surface area (TPSA) is 122 Å². The fraction of sp³-hybridized carbons (Fsp3) is 0.440. The molecule has 0 spiro atoms. The van der Waals surface area contributed by atoms with Crippen molar-refractivity contribution in [2.75, 3.05) is 27.7 Å². The van der Waals surface area contributed by atoms with Crippen molar-refractivity contribution >= 4 is 68.7 Å². The number of hydrogen-bond acceptors (Lipinski definition) is 9.